The molecule has 0 saturated carbocycles. The molecule has 0 heterocycles. The van der Waals surface area contributed by atoms with Gasteiger partial charge in [-0.2, -0.15) is 52.7 Å². The van der Waals surface area contributed by atoms with Crippen LogP contribution in [0.3, 0.4) is 0 Å². The molecule has 10 nitrogen and oxygen atoms in total. The van der Waals surface area contributed by atoms with Crippen LogP contribution in [0.1, 0.15) is 13.3 Å². The van der Waals surface area contributed by atoms with E-state index in [2.05, 4.69) is 0 Å². The van der Waals surface area contributed by atoms with Gasteiger partial charge in [-0.3, -0.25) is 4.79 Å². The van der Waals surface area contributed by atoms with E-state index in [0.717, 1.165) is 0 Å². The molecule has 198 valence electrons. The molecule has 0 aliphatic heterocycles. The van der Waals surface area contributed by atoms with E-state index in [9.17, 15) is 57.5 Å². The van der Waals surface area contributed by atoms with Crippen molar-refractivity contribution in [2.75, 3.05) is 0 Å². The Kier molecular flexibility index (Phi) is 19.6. The number of carboxylic acids is 5. The molecule has 33 heavy (non-hydrogen) atoms. The Labute approximate surface area is 171 Å². The number of alkyl halides is 12. The average molecular weight is 530 g/mol. The Morgan fingerprint density at radius 1 is 0.455 bits per heavy atom. The highest BCUT2D eigenvalue weighted by atomic mass is 19.4. The largest absolute Gasteiger partial charge is 0.490 e. The fourth-order valence-electron chi connectivity index (χ4n) is 0. The Morgan fingerprint density at radius 2 is 0.515 bits per heavy atom. The molecule has 0 aliphatic carbocycles. The van der Waals surface area contributed by atoms with Crippen LogP contribution in [0.4, 0.5) is 52.7 Å². The van der Waals surface area contributed by atoms with Crippen LogP contribution in [0.2, 0.25) is 0 Å². The predicted molar refractivity (Wildman–Crippen MR) is 72.7 cm³/mol. The fraction of sp³-hybridized carbons (Fsp3) is 0.545. The average Bonchev–Trinajstić information content (AvgIpc) is 2.53. The number of hydrogen-bond acceptors (Lipinski definition) is 5. The molecule has 0 aromatic heterocycles. The van der Waals surface area contributed by atoms with Crippen molar-refractivity contribution < 1.29 is 102 Å². The van der Waals surface area contributed by atoms with Crippen LogP contribution >= 0.6 is 0 Å². The number of hydrogen-bond donors (Lipinski definition) is 5. The van der Waals surface area contributed by atoms with Crippen molar-refractivity contribution in [3.8, 4) is 0 Å². The summed E-state index contributed by atoms with van der Waals surface area (Å²) in [5.41, 5.74) is 0. The second kappa shape index (κ2) is 16.2. The first-order valence-electron chi connectivity index (χ1n) is 6.47. The molecule has 5 N–H and O–H groups in total. The smallest absolute Gasteiger partial charge is 0.481 e. The number of aliphatic carboxylic acids is 5. The number of rotatable bonds is 1. The zero-order valence-corrected chi connectivity index (χ0v) is 15.0. The molecule has 0 aliphatic rings. The first-order valence-corrected chi connectivity index (χ1v) is 6.47. The first-order chi connectivity index (χ1) is 14.0. The molecule has 0 aromatic rings. The van der Waals surface area contributed by atoms with Gasteiger partial charge in [0.15, 0.2) is 0 Å². The summed E-state index contributed by atoms with van der Waals surface area (Å²) >= 11 is 0. The zero-order chi connectivity index (χ0) is 28.6. The quantitative estimate of drug-likeness (QED) is 0.316. The summed E-state index contributed by atoms with van der Waals surface area (Å²) < 4.78 is 127. The molecule has 22 heteroatoms. The van der Waals surface area contributed by atoms with Crippen LogP contribution in [0.5, 0.6) is 0 Å². The highest BCUT2D eigenvalue weighted by Crippen LogP contribution is 2.14. The van der Waals surface area contributed by atoms with Gasteiger partial charge in [0.1, 0.15) is 0 Å². The van der Waals surface area contributed by atoms with E-state index in [4.69, 9.17) is 44.7 Å². The minimum Gasteiger partial charge on any atom is -0.481 e. The molecule has 0 aromatic carbocycles. The van der Waals surface area contributed by atoms with Gasteiger partial charge in [-0.05, 0) is 0 Å². The Balaban J connectivity index is -0.0000000995. The summed E-state index contributed by atoms with van der Waals surface area (Å²) in [5.74, 6) is -11.8. The lowest BCUT2D eigenvalue weighted by Crippen LogP contribution is -2.21. The minimum atomic E-state index is -5.08. The summed E-state index contributed by atoms with van der Waals surface area (Å²) in [4.78, 5) is 45.0. The third-order valence-corrected chi connectivity index (χ3v) is 1.27. The predicted octanol–water partition coefficient (Wildman–Crippen LogP) is 3.01. The van der Waals surface area contributed by atoms with Gasteiger partial charge in [0.05, 0.1) is 0 Å². The first kappa shape index (κ1) is 39.9. The van der Waals surface area contributed by atoms with Crippen molar-refractivity contribution in [1.82, 2.24) is 0 Å². The Hall–Kier alpha value is -3.49. The third-order valence-electron chi connectivity index (χ3n) is 1.27. The topological polar surface area (TPSA) is 186 Å². The summed E-state index contributed by atoms with van der Waals surface area (Å²) in [6.07, 6.45) is -20.1. The van der Waals surface area contributed by atoms with Crippen LogP contribution in [0.15, 0.2) is 0 Å². The van der Waals surface area contributed by atoms with E-state index in [1.807, 2.05) is 0 Å². The third kappa shape index (κ3) is 39.5. The normalized spacial score (nSPS) is 10.7. The Bertz CT molecular complexity index is 534. The van der Waals surface area contributed by atoms with Crippen LogP contribution in [0.25, 0.3) is 0 Å². The molecule has 0 atom stereocenters. The molecule has 0 spiro atoms. The molecule has 0 amide bonds. The van der Waals surface area contributed by atoms with Crippen LogP contribution in [-0.4, -0.2) is 80.1 Å². The SMILES string of the molecule is CCC(=O)O.O=C(O)C(F)(F)F.O=C(O)C(F)(F)F.O=C(O)C(F)(F)F.O=C(O)C(F)(F)F. The van der Waals surface area contributed by atoms with Crippen molar-refractivity contribution in [3.05, 3.63) is 0 Å². The van der Waals surface area contributed by atoms with Gasteiger partial charge in [-0.25, -0.2) is 19.2 Å². The lowest BCUT2D eigenvalue weighted by Gasteiger charge is -1.93. The van der Waals surface area contributed by atoms with Gasteiger partial charge >= 0.3 is 54.6 Å². The second-order valence-electron chi connectivity index (χ2n) is 3.96. The number of carboxylic acid groups (broad SMARTS) is 5. The van der Waals surface area contributed by atoms with E-state index in [-0.39, 0.29) is 6.42 Å². The van der Waals surface area contributed by atoms with Crippen molar-refractivity contribution in [2.24, 2.45) is 0 Å². The maximum Gasteiger partial charge on any atom is 0.490 e. The summed E-state index contributed by atoms with van der Waals surface area (Å²) in [5, 5.41) is 36.2. The molecule has 0 saturated heterocycles. The van der Waals surface area contributed by atoms with E-state index < -0.39 is 54.6 Å². The fourth-order valence-corrected chi connectivity index (χ4v) is 0. The second-order valence-corrected chi connectivity index (χ2v) is 3.96. The number of halogens is 12. The van der Waals surface area contributed by atoms with Gasteiger partial charge in [0.2, 0.25) is 0 Å². The molecule has 0 rings (SSSR count). The van der Waals surface area contributed by atoms with Crippen molar-refractivity contribution in [3.63, 3.8) is 0 Å². The summed E-state index contributed by atoms with van der Waals surface area (Å²) in [6, 6.07) is 0. The highest BCUT2D eigenvalue weighted by Gasteiger charge is 2.39. The van der Waals surface area contributed by atoms with Crippen molar-refractivity contribution in [1.29, 1.82) is 0 Å². The van der Waals surface area contributed by atoms with Gasteiger partial charge < -0.3 is 25.5 Å². The molecular formula is C11H10F12O10. The molecule has 0 fully saturated rings. The zero-order valence-electron chi connectivity index (χ0n) is 15.0. The lowest BCUT2D eigenvalue weighted by atomic mass is 10.5. The Morgan fingerprint density at radius 3 is 0.515 bits per heavy atom. The monoisotopic (exact) mass is 530 g/mol. The highest BCUT2D eigenvalue weighted by molar-refractivity contribution is 5.74. The molecule has 0 radical (unpaired) electrons. The van der Waals surface area contributed by atoms with Crippen LogP contribution in [-0.2, 0) is 24.0 Å². The maximum absolute atomic E-state index is 10.6. The van der Waals surface area contributed by atoms with Gasteiger partial charge in [0, 0.05) is 6.42 Å². The van der Waals surface area contributed by atoms with E-state index in [1.54, 1.807) is 6.92 Å². The summed E-state index contributed by atoms with van der Waals surface area (Å²) in [6.45, 7) is 1.60. The number of carbonyl (C=O) groups is 5. The van der Waals surface area contributed by atoms with E-state index >= 15 is 0 Å². The van der Waals surface area contributed by atoms with E-state index in [0.29, 0.717) is 0 Å². The van der Waals surface area contributed by atoms with Gasteiger partial charge in [-0.15, -0.1) is 0 Å². The van der Waals surface area contributed by atoms with Crippen molar-refractivity contribution >= 4 is 29.8 Å². The standard InChI is InChI=1S/C3H6O2.4C2HF3O2/c1-2-3(4)5;4*3-2(4,5)1(6)7/h2H2,1H3,(H,4,5);4*(H,6,7). The van der Waals surface area contributed by atoms with Gasteiger partial charge in [-0.1, -0.05) is 6.92 Å². The van der Waals surface area contributed by atoms with Crippen LogP contribution in [0, 0.1) is 0 Å². The molecule has 0 unspecified atom stereocenters. The minimum absolute atomic E-state index is 0.222. The van der Waals surface area contributed by atoms with Crippen LogP contribution < -0.4 is 0 Å². The van der Waals surface area contributed by atoms with Crippen molar-refractivity contribution in [2.45, 2.75) is 38.0 Å². The van der Waals surface area contributed by atoms with Gasteiger partial charge in [0.25, 0.3) is 0 Å². The van der Waals surface area contributed by atoms with E-state index in [1.165, 1.54) is 0 Å². The lowest BCUT2D eigenvalue weighted by molar-refractivity contribution is -0.193. The maximum atomic E-state index is 10.6. The molecule has 0 bridgehead atoms. The summed E-state index contributed by atoms with van der Waals surface area (Å²) in [7, 11) is 0. The molecular weight excluding hydrogens is 520 g/mol.